The third-order valence-electron chi connectivity index (χ3n) is 1.93. The maximum absolute atomic E-state index is 5.70. The Bertz CT molecular complexity index is 531. The van der Waals surface area contributed by atoms with Crippen LogP contribution in [-0.2, 0) is 12.9 Å². The first kappa shape index (κ1) is 10.3. The summed E-state index contributed by atoms with van der Waals surface area (Å²) in [5, 5.41) is 4.09. The number of hydrogen-bond donors (Lipinski definition) is 1. The highest BCUT2D eigenvalue weighted by Crippen LogP contribution is 2.15. The van der Waals surface area contributed by atoms with Gasteiger partial charge in [-0.1, -0.05) is 12.2 Å². The van der Waals surface area contributed by atoms with E-state index < -0.39 is 0 Å². The molecule has 0 aliphatic rings. The monoisotopic (exact) mass is 240 g/mol. The van der Waals surface area contributed by atoms with Gasteiger partial charge >= 0.3 is 0 Å². The van der Waals surface area contributed by atoms with Gasteiger partial charge in [-0.05, 0) is 6.07 Å². The van der Waals surface area contributed by atoms with Crippen molar-refractivity contribution in [3.05, 3.63) is 28.9 Å². The van der Waals surface area contributed by atoms with Gasteiger partial charge in [0.25, 0.3) is 0 Å². The third-order valence-corrected chi connectivity index (χ3v) is 2.40. The summed E-state index contributed by atoms with van der Waals surface area (Å²) in [4.78, 5) is 7.19. The lowest BCUT2D eigenvalue weighted by molar-refractivity contribution is 0.768. The Balaban J connectivity index is 2.53. The molecule has 0 saturated heterocycles. The number of H-pyrrole nitrogens is 1. The van der Waals surface area contributed by atoms with Crippen LogP contribution < -0.4 is 0 Å². The van der Waals surface area contributed by atoms with Crippen molar-refractivity contribution in [2.24, 2.45) is 7.05 Å². The molecule has 0 aromatic carbocycles. The minimum absolute atomic E-state index is 0.317. The maximum atomic E-state index is 5.70. The number of nitrogens with one attached hydrogen (secondary N) is 1. The van der Waals surface area contributed by atoms with Crippen molar-refractivity contribution in [2.75, 3.05) is 0 Å². The molecule has 0 saturated carbocycles. The average molecular weight is 241 g/mol. The van der Waals surface area contributed by atoms with Crippen molar-refractivity contribution in [2.45, 2.75) is 5.88 Å². The fourth-order valence-corrected chi connectivity index (χ4v) is 1.64. The molecule has 6 heteroatoms. The summed E-state index contributed by atoms with van der Waals surface area (Å²) in [5.74, 6) is 0.987. The second kappa shape index (κ2) is 4.12. The molecule has 0 unspecified atom stereocenters. The molecule has 4 nitrogen and oxygen atoms in total. The Morgan fingerprint density at radius 1 is 1.60 bits per heavy atom. The molecule has 1 N–H and O–H groups in total. The Morgan fingerprint density at radius 2 is 2.40 bits per heavy atom. The van der Waals surface area contributed by atoms with Crippen LogP contribution in [-0.4, -0.2) is 19.7 Å². The zero-order valence-corrected chi connectivity index (χ0v) is 9.64. The molecule has 2 aromatic heterocycles. The average Bonchev–Trinajstić information content (AvgIpc) is 2.64. The van der Waals surface area contributed by atoms with Gasteiger partial charge in [0.05, 0.1) is 17.8 Å². The Labute approximate surface area is 96.9 Å². The number of aryl methyl sites for hydroxylation is 1. The summed E-state index contributed by atoms with van der Waals surface area (Å²) in [7, 11) is 1.86. The summed E-state index contributed by atoms with van der Waals surface area (Å²) in [6.45, 7) is 0. The highest BCUT2D eigenvalue weighted by molar-refractivity contribution is 7.71. The molecule has 0 bridgehead atoms. The fourth-order valence-electron chi connectivity index (χ4n) is 1.29. The number of hydrogen-bond acceptors (Lipinski definition) is 3. The van der Waals surface area contributed by atoms with Gasteiger partial charge in [-0.2, -0.15) is 5.10 Å². The summed E-state index contributed by atoms with van der Waals surface area (Å²) < 4.78 is 2.26. The van der Waals surface area contributed by atoms with Gasteiger partial charge in [0.15, 0.2) is 0 Å². The van der Waals surface area contributed by atoms with Crippen molar-refractivity contribution in [1.82, 2.24) is 19.7 Å². The third kappa shape index (κ3) is 2.24. The fraction of sp³-hybridized carbons (Fsp3) is 0.222. The predicted octanol–water partition coefficient (Wildman–Crippen LogP) is 2.28. The standard InChI is InChI=1S/C9H9ClN4S/c1-14-5-6(4-11-14)7-2-9(15)13-8(3-10)12-7/h2,4-5H,3H2,1H3,(H,12,13,15). The van der Waals surface area contributed by atoms with Crippen LogP contribution in [0, 0.1) is 4.64 Å². The van der Waals surface area contributed by atoms with Crippen LogP contribution in [0.2, 0.25) is 0 Å². The first-order valence-electron chi connectivity index (χ1n) is 4.34. The van der Waals surface area contributed by atoms with E-state index in [4.69, 9.17) is 23.8 Å². The number of nitrogens with zero attached hydrogens (tertiary/aromatic N) is 3. The van der Waals surface area contributed by atoms with Gasteiger partial charge in [-0.25, -0.2) is 4.98 Å². The Kier molecular flexibility index (Phi) is 2.83. The van der Waals surface area contributed by atoms with Crippen LogP contribution in [0.15, 0.2) is 18.5 Å². The smallest absolute Gasteiger partial charge is 0.130 e. The first-order chi connectivity index (χ1) is 7.19. The zero-order chi connectivity index (χ0) is 10.8. The van der Waals surface area contributed by atoms with Crippen molar-refractivity contribution in [1.29, 1.82) is 0 Å². The van der Waals surface area contributed by atoms with Crippen LogP contribution in [0.3, 0.4) is 0 Å². The van der Waals surface area contributed by atoms with E-state index in [9.17, 15) is 0 Å². The molecule has 0 atom stereocenters. The van der Waals surface area contributed by atoms with Gasteiger partial charge in [0, 0.05) is 18.8 Å². The van der Waals surface area contributed by atoms with E-state index >= 15 is 0 Å². The molecule has 0 spiro atoms. The molecule has 2 rings (SSSR count). The highest BCUT2D eigenvalue weighted by Gasteiger charge is 2.02. The Hall–Kier alpha value is -1.20. The predicted molar refractivity (Wildman–Crippen MR) is 61.2 cm³/mol. The molecule has 78 valence electrons. The minimum atomic E-state index is 0.317. The molecule has 0 aliphatic heterocycles. The van der Waals surface area contributed by atoms with Crippen LogP contribution in [0.5, 0.6) is 0 Å². The van der Waals surface area contributed by atoms with E-state index in [2.05, 4.69) is 15.1 Å². The van der Waals surface area contributed by atoms with Crippen LogP contribution in [0.4, 0.5) is 0 Å². The summed E-state index contributed by atoms with van der Waals surface area (Å²) >= 11 is 10.7. The summed E-state index contributed by atoms with van der Waals surface area (Å²) in [6, 6.07) is 1.79. The molecule has 15 heavy (non-hydrogen) atoms. The van der Waals surface area contributed by atoms with E-state index in [0.717, 1.165) is 11.3 Å². The lowest BCUT2D eigenvalue weighted by Crippen LogP contribution is -1.93. The van der Waals surface area contributed by atoms with Crippen molar-refractivity contribution >= 4 is 23.8 Å². The van der Waals surface area contributed by atoms with Crippen LogP contribution >= 0.6 is 23.8 Å². The summed E-state index contributed by atoms with van der Waals surface area (Å²) in [5.41, 5.74) is 1.86. The lowest BCUT2D eigenvalue weighted by Gasteiger charge is -2.00. The minimum Gasteiger partial charge on any atom is -0.342 e. The van der Waals surface area contributed by atoms with Gasteiger partial charge in [-0.3, -0.25) is 4.68 Å². The maximum Gasteiger partial charge on any atom is 0.130 e. The number of aromatic amines is 1. The molecular weight excluding hydrogens is 232 g/mol. The van der Waals surface area contributed by atoms with Crippen LogP contribution in [0.25, 0.3) is 11.3 Å². The topological polar surface area (TPSA) is 46.5 Å². The molecule has 2 heterocycles. The Morgan fingerprint density at radius 3 is 3.00 bits per heavy atom. The molecule has 2 aromatic rings. The first-order valence-corrected chi connectivity index (χ1v) is 5.28. The van der Waals surface area contributed by atoms with E-state index in [1.807, 2.05) is 13.2 Å². The number of halogens is 1. The zero-order valence-electron chi connectivity index (χ0n) is 8.07. The summed E-state index contributed by atoms with van der Waals surface area (Å²) in [6.07, 6.45) is 3.66. The van der Waals surface area contributed by atoms with Gasteiger partial charge in [0.1, 0.15) is 10.5 Å². The van der Waals surface area contributed by atoms with Crippen molar-refractivity contribution < 1.29 is 0 Å². The normalized spacial score (nSPS) is 10.5. The lowest BCUT2D eigenvalue weighted by atomic mass is 10.2. The van der Waals surface area contributed by atoms with Gasteiger partial charge < -0.3 is 4.98 Å². The van der Waals surface area contributed by atoms with Crippen molar-refractivity contribution in [3.8, 4) is 11.3 Å². The number of aromatic nitrogens is 4. The largest absolute Gasteiger partial charge is 0.342 e. The van der Waals surface area contributed by atoms with E-state index in [1.165, 1.54) is 0 Å². The van der Waals surface area contributed by atoms with E-state index in [1.54, 1.807) is 16.9 Å². The SMILES string of the molecule is Cn1cc(-c2cc(=S)nc(CCl)[nH]2)cn1. The van der Waals surface area contributed by atoms with E-state index in [-0.39, 0.29) is 0 Å². The highest BCUT2D eigenvalue weighted by atomic mass is 35.5. The second-order valence-corrected chi connectivity index (χ2v) is 3.80. The molecule has 0 amide bonds. The molecular formula is C9H9ClN4S. The number of alkyl halides is 1. The van der Waals surface area contributed by atoms with E-state index in [0.29, 0.717) is 16.3 Å². The quantitative estimate of drug-likeness (QED) is 0.647. The molecule has 0 radical (unpaired) electrons. The molecule has 0 aliphatic carbocycles. The van der Waals surface area contributed by atoms with Gasteiger partial charge in [0.2, 0.25) is 0 Å². The van der Waals surface area contributed by atoms with Crippen molar-refractivity contribution in [3.63, 3.8) is 0 Å². The second-order valence-electron chi connectivity index (χ2n) is 3.12. The van der Waals surface area contributed by atoms with Gasteiger partial charge in [-0.15, -0.1) is 11.6 Å². The number of rotatable bonds is 2. The molecule has 0 fully saturated rings. The van der Waals surface area contributed by atoms with Crippen LogP contribution in [0.1, 0.15) is 5.82 Å².